The Labute approximate surface area is 602 Å². The molecule has 8 aromatic carbocycles. The monoisotopic (exact) mass is 1670 g/mol. The normalized spacial score (nSPS) is 12.1. The molecule has 0 unspecified atom stereocenters. The van der Waals surface area contributed by atoms with Gasteiger partial charge in [0.1, 0.15) is 0 Å². The van der Waals surface area contributed by atoms with Crippen molar-refractivity contribution >= 4 is 7.32 Å². The van der Waals surface area contributed by atoms with E-state index in [1.807, 2.05) is 36.5 Å². The van der Waals surface area contributed by atoms with Crippen LogP contribution in [-0.4, -0.2) is 22.4 Å². The fourth-order valence-corrected chi connectivity index (χ4v) is 8.16. The van der Waals surface area contributed by atoms with Gasteiger partial charge in [-0.3, -0.25) is 0 Å². The van der Waals surface area contributed by atoms with Gasteiger partial charge in [-0.25, -0.2) is 176 Å². The van der Waals surface area contributed by atoms with Gasteiger partial charge in [0.15, 0.2) is 186 Å². The van der Waals surface area contributed by atoms with E-state index in [4.69, 9.17) is 15.1 Å². The van der Waals surface area contributed by atoms with Crippen molar-refractivity contribution in [2.75, 3.05) is 0 Å². The summed E-state index contributed by atoms with van der Waals surface area (Å²) in [4.78, 5) is 0. The Morgan fingerprint density at radius 1 is 0.124 bits per heavy atom. The van der Waals surface area contributed by atoms with Gasteiger partial charge in [0.25, 0.3) is 0 Å². The molecular formula is C69H27BF40O3. The summed E-state index contributed by atoms with van der Waals surface area (Å²) in [5.41, 5.74) is -18.1. The van der Waals surface area contributed by atoms with Crippen LogP contribution in [0.15, 0.2) is 109 Å². The summed E-state index contributed by atoms with van der Waals surface area (Å²) in [5, 5.41) is 21.5. The SMILES string of the molecule is C1=CC=CCC=C1.C1=CC=CCC=C1.C1=CC=CCC=C1.Fc1c(F)c(F)c(-c2c(F)c(F)c(F)c(F)c2F)c(F)c1F.Fc1c(F)c(F)c(-c2c(F)c(F)c(F)c(F)c2F)c(F)c1F.Fc1c(F)c(F)c(-c2c(F)c(F)c(F)c(F)c2F)c(F)c1F.Fc1c(F)c(F)c(-c2c(F)c(F)c(F)c(F)c2F)c(F)c1F.OB(O)O. The number of allylic oxidation sites excluding steroid dienone is 18. The van der Waals surface area contributed by atoms with Crippen LogP contribution in [0.3, 0.4) is 0 Å². The largest absolute Gasteiger partial charge is 0.631 e. The highest BCUT2D eigenvalue weighted by Crippen LogP contribution is 2.43. The zero-order valence-corrected chi connectivity index (χ0v) is 53.6. The van der Waals surface area contributed by atoms with E-state index >= 15 is 0 Å². The summed E-state index contributed by atoms with van der Waals surface area (Å²) >= 11 is 0. The Bertz CT molecular complexity index is 4090. The second kappa shape index (κ2) is 40.7. The molecule has 0 amide bonds. The minimum atomic E-state index is -2.68. The predicted molar refractivity (Wildman–Crippen MR) is 314 cm³/mol. The molecule has 0 atom stereocenters. The Kier molecular flexibility index (Phi) is 33.8. The maximum Gasteiger partial charge on any atom is 0.631 e. The fraction of sp³-hybridized carbons (Fsp3) is 0.0435. The molecule has 113 heavy (non-hydrogen) atoms. The smallest absolute Gasteiger partial charge is 0.402 e. The lowest BCUT2D eigenvalue weighted by atomic mass is 10.0. The highest BCUT2D eigenvalue weighted by Gasteiger charge is 2.40. The standard InChI is InChI=1S/4C12F10.3C7H8.BH3O3/c4*13-3-1(4(14)8(18)11(21)7(3)17)2-5(15)9(19)12(22)10(20)6(2)16;3*1-2-4-6-7-5-3-1;2-1(3)4/h;;;;3*1-6H,7H2;2-4H. The van der Waals surface area contributed by atoms with Crippen LogP contribution in [0.2, 0.25) is 0 Å². The lowest BCUT2D eigenvalue weighted by Gasteiger charge is -2.11. The molecule has 0 heterocycles. The van der Waals surface area contributed by atoms with E-state index in [9.17, 15) is 176 Å². The summed E-state index contributed by atoms with van der Waals surface area (Å²) in [6.45, 7) is 0. The van der Waals surface area contributed by atoms with Crippen molar-refractivity contribution in [3.8, 4) is 44.5 Å². The summed E-state index contributed by atoms with van der Waals surface area (Å²) < 4.78 is 525. The first-order valence-electron chi connectivity index (χ1n) is 28.8. The van der Waals surface area contributed by atoms with E-state index < -0.39 is 285 Å². The zero-order chi connectivity index (χ0) is 86.1. The van der Waals surface area contributed by atoms with Crippen molar-refractivity contribution in [2.24, 2.45) is 0 Å². The van der Waals surface area contributed by atoms with Crippen LogP contribution in [-0.2, 0) is 0 Å². The fourth-order valence-electron chi connectivity index (χ4n) is 8.16. The topological polar surface area (TPSA) is 60.7 Å². The number of benzene rings is 8. The number of rotatable bonds is 4. The van der Waals surface area contributed by atoms with E-state index in [1.165, 1.54) is 0 Å². The van der Waals surface area contributed by atoms with Crippen molar-refractivity contribution in [2.45, 2.75) is 19.3 Å². The molecule has 3 aliphatic carbocycles. The molecule has 0 saturated carbocycles. The average molecular weight is 1670 g/mol. The summed E-state index contributed by atoms with van der Waals surface area (Å²) in [6, 6.07) is 0. The Morgan fingerprint density at radius 2 is 0.186 bits per heavy atom. The Morgan fingerprint density at radius 3 is 0.257 bits per heavy atom. The molecule has 0 radical (unpaired) electrons. The molecule has 0 saturated heterocycles. The van der Waals surface area contributed by atoms with Crippen molar-refractivity contribution < 1.29 is 191 Å². The molecule has 3 nitrogen and oxygen atoms in total. The third-order valence-corrected chi connectivity index (χ3v) is 13.3. The van der Waals surface area contributed by atoms with Crippen molar-refractivity contribution in [1.29, 1.82) is 0 Å². The van der Waals surface area contributed by atoms with Gasteiger partial charge in [-0.15, -0.1) is 0 Å². The van der Waals surface area contributed by atoms with E-state index in [1.54, 1.807) is 0 Å². The lowest BCUT2D eigenvalue weighted by Crippen LogP contribution is -2.10. The van der Waals surface area contributed by atoms with Gasteiger partial charge in [0, 0.05) is 0 Å². The zero-order valence-electron chi connectivity index (χ0n) is 53.6. The number of halogens is 40. The van der Waals surface area contributed by atoms with Crippen molar-refractivity contribution in [1.82, 2.24) is 0 Å². The van der Waals surface area contributed by atoms with Crippen molar-refractivity contribution in [3.05, 3.63) is 342 Å². The number of hydrogen-bond donors (Lipinski definition) is 3. The van der Waals surface area contributed by atoms with E-state index in [-0.39, 0.29) is 0 Å². The first kappa shape index (κ1) is 93.9. The first-order chi connectivity index (χ1) is 52.7. The van der Waals surface area contributed by atoms with E-state index in [0.29, 0.717) is 0 Å². The molecule has 3 N–H and O–H groups in total. The van der Waals surface area contributed by atoms with Gasteiger partial charge < -0.3 is 15.1 Å². The minimum Gasteiger partial charge on any atom is -0.402 e. The molecular weight excluding hydrogens is 1650 g/mol. The maximum absolute atomic E-state index is 13.4. The van der Waals surface area contributed by atoms with Gasteiger partial charge in [0.05, 0.1) is 44.5 Å². The Hall–Kier alpha value is -11.4. The van der Waals surface area contributed by atoms with Crippen molar-refractivity contribution in [3.63, 3.8) is 0 Å². The second-order valence-corrected chi connectivity index (χ2v) is 20.3. The van der Waals surface area contributed by atoms with Gasteiger partial charge in [0.2, 0.25) is 46.5 Å². The molecule has 3 aliphatic rings. The molecule has 0 fully saturated rings. The molecule has 0 aliphatic heterocycles. The summed E-state index contributed by atoms with van der Waals surface area (Å²) in [6.07, 6.45) is 40.5. The van der Waals surface area contributed by atoms with Gasteiger partial charge in [-0.2, -0.15) is 0 Å². The third kappa shape index (κ3) is 20.6. The van der Waals surface area contributed by atoms with Gasteiger partial charge in [-0.05, 0) is 19.3 Å². The van der Waals surface area contributed by atoms with Gasteiger partial charge >= 0.3 is 7.32 Å². The maximum atomic E-state index is 13.4. The van der Waals surface area contributed by atoms with Crippen LogP contribution in [0, 0.1) is 233 Å². The predicted octanol–water partition coefficient (Wildman–Crippen LogP) is 23.1. The summed E-state index contributed by atoms with van der Waals surface area (Å²) in [5.74, 6) is -107. The third-order valence-electron chi connectivity index (χ3n) is 13.3. The molecule has 11 rings (SSSR count). The second-order valence-electron chi connectivity index (χ2n) is 20.3. The molecule has 604 valence electrons. The van der Waals surface area contributed by atoms with Crippen LogP contribution >= 0.6 is 0 Å². The van der Waals surface area contributed by atoms with Crippen LogP contribution in [0.25, 0.3) is 44.5 Å². The van der Waals surface area contributed by atoms with Crippen LogP contribution in [0.5, 0.6) is 0 Å². The average Bonchev–Trinajstić information content (AvgIpc) is 0.781. The molecule has 0 spiro atoms. The Balaban J connectivity index is 0.000000287. The molecule has 0 aromatic heterocycles. The number of hydrogen-bond acceptors (Lipinski definition) is 3. The van der Waals surface area contributed by atoms with Crippen LogP contribution < -0.4 is 0 Å². The first-order valence-corrected chi connectivity index (χ1v) is 28.8. The highest BCUT2D eigenvalue weighted by molar-refractivity contribution is 6.30. The summed E-state index contributed by atoms with van der Waals surface area (Å²) in [7, 11) is -2.17. The minimum absolute atomic E-state index is 1.08. The van der Waals surface area contributed by atoms with E-state index in [0.717, 1.165) is 19.3 Å². The van der Waals surface area contributed by atoms with Crippen LogP contribution in [0.4, 0.5) is 176 Å². The quantitative estimate of drug-likeness (QED) is 0.0712. The van der Waals surface area contributed by atoms with Gasteiger partial charge in [-0.1, -0.05) is 109 Å². The lowest BCUT2D eigenvalue weighted by molar-refractivity contribution is 0.278. The highest BCUT2D eigenvalue weighted by atomic mass is 19.2. The molecule has 0 bridgehead atoms. The van der Waals surface area contributed by atoms with E-state index in [2.05, 4.69) is 72.9 Å². The molecule has 44 heteroatoms. The van der Waals surface area contributed by atoms with Crippen LogP contribution in [0.1, 0.15) is 19.3 Å². The molecule has 8 aromatic rings.